The van der Waals surface area contributed by atoms with Crippen LogP contribution in [0.1, 0.15) is 153 Å². The molecule has 0 saturated heterocycles. The first-order valence-electron chi connectivity index (χ1n) is 24.3. The molecule has 0 aliphatic carbocycles. The van der Waals surface area contributed by atoms with E-state index in [-0.39, 0.29) is 23.1 Å². The largest absolute Gasteiger partial charge is 0.490 e. The predicted octanol–water partition coefficient (Wildman–Crippen LogP) is 16.6. The molecule has 8 heteroatoms. The fraction of sp³-hybridized carbons (Fsp3) is 0.429. The van der Waals surface area contributed by atoms with Crippen molar-refractivity contribution >= 4 is 46.4 Å². The fourth-order valence-electron chi connectivity index (χ4n) is 8.97. The number of aromatic nitrogens is 4. The number of nitrogens with one attached hydrogen (secondary N) is 2. The van der Waals surface area contributed by atoms with Crippen molar-refractivity contribution in [3.05, 3.63) is 107 Å². The first-order chi connectivity index (χ1) is 31.3. The first kappa shape index (κ1) is 46.5. The van der Waals surface area contributed by atoms with Gasteiger partial charge in [0, 0.05) is 33.2 Å². The average Bonchev–Trinajstić information content (AvgIpc) is 4.14. The van der Waals surface area contributed by atoms with Gasteiger partial charge in [0.15, 0.2) is 23.1 Å². The SMILES string of the molecule is CCCCCCC(CCCC)COc1ccc(-c2c3nc(cc4ccc([nH]4)c(-c4ccc(OCC(CCCC)CCCCCC)c(F)c4)c4nc(cc5ccc2[nH]5)C=C4)C=C3)cc1F. The van der Waals surface area contributed by atoms with E-state index < -0.39 is 0 Å². The van der Waals surface area contributed by atoms with Gasteiger partial charge in [0.2, 0.25) is 0 Å². The minimum Gasteiger partial charge on any atom is -0.490 e. The second-order valence-corrected chi connectivity index (χ2v) is 17.8. The normalized spacial score (nSPS) is 13.1. The van der Waals surface area contributed by atoms with E-state index in [0.29, 0.717) is 47.6 Å². The summed E-state index contributed by atoms with van der Waals surface area (Å²) in [6.07, 6.45) is 26.7. The minimum absolute atomic E-state index is 0.279. The third-order valence-corrected chi connectivity index (χ3v) is 12.7. The molecule has 5 aromatic rings. The van der Waals surface area contributed by atoms with Gasteiger partial charge in [-0.25, -0.2) is 18.7 Å². The van der Waals surface area contributed by atoms with Crippen LogP contribution >= 0.6 is 0 Å². The molecule has 0 amide bonds. The average molecular weight is 867 g/mol. The van der Waals surface area contributed by atoms with Gasteiger partial charge in [0.1, 0.15) is 0 Å². The minimum atomic E-state index is -0.389. The van der Waals surface area contributed by atoms with E-state index in [2.05, 4.69) is 37.7 Å². The summed E-state index contributed by atoms with van der Waals surface area (Å²) >= 11 is 0. The molecule has 64 heavy (non-hydrogen) atoms. The van der Waals surface area contributed by atoms with Crippen molar-refractivity contribution < 1.29 is 18.3 Å². The maximum absolute atomic E-state index is 16.0. The molecular weight excluding hydrogens is 799 g/mol. The third kappa shape index (κ3) is 12.4. The number of rotatable bonds is 24. The van der Waals surface area contributed by atoms with Crippen LogP contribution in [0, 0.1) is 23.5 Å². The van der Waals surface area contributed by atoms with Crippen molar-refractivity contribution in [1.29, 1.82) is 0 Å². The Kier molecular flexibility index (Phi) is 17.0. The second kappa shape index (κ2) is 23.4. The number of benzene rings is 2. The van der Waals surface area contributed by atoms with Crippen molar-refractivity contribution in [2.75, 3.05) is 13.2 Å². The first-order valence-corrected chi connectivity index (χ1v) is 24.3. The Hall–Kier alpha value is -5.50. The lowest BCUT2D eigenvalue weighted by Gasteiger charge is -2.18. The third-order valence-electron chi connectivity index (χ3n) is 12.7. The van der Waals surface area contributed by atoms with Crippen molar-refractivity contribution in [3.63, 3.8) is 0 Å². The highest BCUT2D eigenvalue weighted by atomic mass is 19.1. The molecular formula is C56H68F2N4O2. The number of hydrogen-bond acceptors (Lipinski definition) is 4. The van der Waals surface area contributed by atoms with E-state index >= 15 is 8.78 Å². The molecule has 6 nitrogen and oxygen atoms in total. The number of fused-ring (bicyclic) bond motifs is 8. The maximum Gasteiger partial charge on any atom is 0.165 e. The Morgan fingerprint density at radius 2 is 0.891 bits per heavy atom. The van der Waals surface area contributed by atoms with Gasteiger partial charge < -0.3 is 19.4 Å². The van der Waals surface area contributed by atoms with Crippen LogP contribution < -0.4 is 9.47 Å². The molecule has 2 aliphatic rings. The number of H-pyrrole nitrogens is 2. The smallest absolute Gasteiger partial charge is 0.165 e. The van der Waals surface area contributed by atoms with Gasteiger partial charge in [-0.05, 0) is 134 Å². The Morgan fingerprint density at radius 3 is 1.30 bits per heavy atom. The van der Waals surface area contributed by atoms with Crippen LogP contribution in [0.4, 0.5) is 8.78 Å². The molecule has 2 aliphatic heterocycles. The summed E-state index contributed by atoms with van der Waals surface area (Å²) in [5.74, 6) is 0.614. The number of hydrogen-bond donors (Lipinski definition) is 2. The molecule has 0 saturated carbocycles. The summed E-state index contributed by atoms with van der Waals surface area (Å²) in [6.45, 7) is 9.93. The number of ether oxygens (including phenoxy) is 2. The zero-order chi connectivity index (χ0) is 44.7. The summed E-state index contributed by atoms with van der Waals surface area (Å²) in [6, 6.07) is 22.5. The summed E-state index contributed by atoms with van der Waals surface area (Å²) in [7, 11) is 0. The second-order valence-electron chi connectivity index (χ2n) is 17.8. The van der Waals surface area contributed by atoms with Crippen LogP contribution in [0.5, 0.6) is 11.5 Å². The van der Waals surface area contributed by atoms with Crippen molar-refractivity contribution in [2.45, 2.75) is 130 Å². The van der Waals surface area contributed by atoms with Gasteiger partial charge in [-0.15, -0.1) is 0 Å². The Labute approximate surface area is 379 Å². The number of aromatic amines is 2. The van der Waals surface area contributed by atoms with Crippen molar-refractivity contribution in [2.24, 2.45) is 11.8 Å². The molecule has 2 aromatic carbocycles. The van der Waals surface area contributed by atoms with E-state index in [9.17, 15) is 0 Å². The molecule has 0 radical (unpaired) electrons. The van der Waals surface area contributed by atoms with E-state index in [0.717, 1.165) is 95.9 Å². The monoisotopic (exact) mass is 867 g/mol. The van der Waals surface area contributed by atoms with Crippen LogP contribution in [0.25, 0.3) is 68.6 Å². The number of halogens is 2. The summed E-state index contributed by atoms with van der Waals surface area (Å²) < 4.78 is 44.3. The summed E-state index contributed by atoms with van der Waals surface area (Å²) in [5, 5.41) is 0. The molecule has 0 spiro atoms. The quantitative estimate of drug-likeness (QED) is 0.0593. The highest BCUT2D eigenvalue weighted by Gasteiger charge is 2.18. The molecule has 7 rings (SSSR count). The van der Waals surface area contributed by atoms with E-state index in [1.807, 2.05) is 72.8 Å². The van der Waals surface area contributed by atoms with E-state index in [1.54, 1.807) is 24.3 Å². The van der Waals surface area contributed by atoms with Crippen LogP contribution in [0.2, 0.25) is 0 Å². The Balaban J connectivity index is 1.20. The van der Waals surface area contributed by atoms with Crippen LogP contribution in [0.3, 0.4) is 0 Å². The maximum atomic E-state index is 16.0. The van der Waals surface area contributed by atoms with Crippen molar-refractivity contribution in [3.8, 4) is 33.8 Å². The lowest BCUT2D eigenvalue weighted by molar-refractivity contribution is 0.217. The van der Waals surface area contributed by atoms with E-state index in [1.165, 1.54) is 51.4 Å². The number of unbranched alkanes of at least 4 members (excludes halogenated alkanes) is 8. The van der Waals surface area contributed by atoms with Crippen LogP contribution in [0.15, 0.2) is 72.8 Å². The molecule has 2 atom stereocenters. The Morgan fingerprint density at radius 1 is 0.469 bits per heavy atom. The van der Waals surface area contributed by atoms with E-state index in [4.69, 9.17) is 19.4 Å². The molecule has 3 aromatic heterocycles. The predicted molar refractivity (Wildman–Crippen MR) is 264 cm³/mol. The van der Waals surface area contributed by atoms with Gasteiger partial charge in [-0.3, -0.25) is 0 Å². The molecule has 5 heterocycles. The lowest BCUT2D eigenvalue weighted by atomic mass is 9.96. The molecule has 0 fully saturated rings. The highest BCUT2D eigenvalue weighted by Crippen LogP contribution is 2.36. The fourth-order valence-corrected chi connectivity index (χ4v) is 8.97. The molecule has 2 N–H and O–H groups in total. The summed E-state index contributed by atoms with van der Waals surface area (Å²) in [5.41, 5.74) is 9.14. The van der Waals surface area contributed by atoms with Gasteiger partial charge >= 0.3 is 0 Å². The van der Waals surface area contributed by atoms with Gasteiger partial charge in [-0.2, -0.15) is 0 Å². The zero-order valence-electron chi connectivity index (χ0n) is 38.6. The summed E-state index contributed by atoms with van der Waals surface area (Å²) in [4.78, 5) is 17.2. The highest BCUT2D eigenvalue weighted by molar-refractivity contribution is 5.93. The van der Waals surface area contributed by atoms with Crippen LogP contribution in [-0.2, 0) is 0 Å². The zero-order valence-corrected chi connectivity index (χ0v) is 38.6. The molecule has 8 bridgehead atoms. The van der Waals surface area contributed by atoms with Crippen LogP contribution in [-0.4, -0.2) is 33.1 Å². The molecule has 2 unspecified atom stereocenters. The topological polar surface area (TPSA) is 75.8 Å². The number of nitrogens with zero attached hydrogens (tertiary/aromatic N) is 2. The van der Waals surface area contributed by atoms with Gasteiger partial charge in [-0.1, -0.05) is 117 Å². The standard InChI is InChI=1S/C56H68F2N4O2/c1-5-9-13-15-19-39(17-11-7-3)37-63-53-31-21-41(33-47(53)57)55-49-27-23-43(59-49)35-45-25-29-51(61-45)56(52-30-26-46(62-52)36-44-24-28-50(55)60-44)42-22-32-54(48(58)34-42)64-38-40(18-12-8-4)20-16-14-10-6-2/h21-36,39-40,59,62H,5-20,37-38H2,1-4H3. The van der Waals surface area contributed by atoms with Gasteiger partial charge in [0.05, 0.1) is 36.0 Å². The molecule has 338 valence electrons. The Bertz CT molecular complexity index is 2360. The lowest BCUT2D eigenvalue weighted by Crippen LogP contribution is -2.13. The van der Waals surface area contributed by atoms with Gasteiger partial charge in [0.25, 0.3) is 0 Å². The van der Waals surface area contributed by atoms with Crippen molar-refractivity contribution in [1.82, 2.24) is 19.9 Å².